The second-order valence-electron chi connectivity index (χ2n) is 9.29. The molecule has 0 spiro atoms. The van der Waals surface area contributed by atoms with Crippen molar-refractivity contribution in [2.24, 2.45) is 0 Å². The predicted octanol–water partition coefficient (Wildman–Crippen LogP) is 2.55. The van der Waals surface area contributed by atoms with Crippen molar-refractivity contribution in [3.63, 3.8) is 0 Å². The van der Waals surface area contributed by atoms with Crippen LogP contribution in [-0.4, -0.2) is 73.5 Å². The molecule has 0 bridgehead atoms. The summed E-state index contributed by atoms with van der Waals surface area (Å²) in [6.45, 7) is 7.50. The number of rotatable bonds is 6. The lowest BCUT2D eigenvalue weighted by Gasteiger charge is -2.41. The highest BCUT2D eigenvalue weighted by atomic mass is 16.2. The van der Waals surface area contributed by atoms with Gasteiger partial charge in [-0.05, 0) is 43.0 Å². The summed E-state index contributed by atoms with van der Waals surface area (Å²) in [5.74, 6) is -0.0401. The van der Waals surface area contributed by atoms with Crippen LogP contribution >= 0.6 is 0 Å². The van der Waals surface area contributed by atoms with Crippen LogP contribution in [0.3, 0.4) is 0 Å². The van der Waals surface area contributed by atoms with Gasteiger partial charge in [0.2, 0.25) is 5.91 Å². The summed E-state index contributed by atoms with van der Waals surface area (Å²) in [7, 11) is 0. The number of nitrogens with zero attached hydrogens (tertiary/aromatic N) is 3. The number of hydrogen-bond donors (Lipinski definition) is 2. The monoisotopic (exact) mass is 447 g/mol. The van der Waals surface area contributed by atoms with Gasteiger partial charge in [-0.25, -0.2) is 0 Å². The Hall–Kier alpha value is -2.90. The van der Waals surface area contributed by atoms with E-state index < -0.39 is 0 Å². The van der Waals surface area contributed by atoms with Crippen molar-refractivity contribution in [3.8, 4) is 0 Å². The second kappa shape index (κ2) is 9.93. The number of amides is 2. The van der Waals surface area contributed by atoms with Crippen LogP contribution in [0.5, 0.6) is 0 Å². The average Bonchev–Trinajstić information content (AvgIpc) is 2.85. The fraction of sp³-hybridized carbons (Fsp3) is 0.462. The number of piperazine rings is 1. The molecule has 3 heterocycles. The van der Waals surface area contributed by atoms with Gasteiger partial charge in [-0.2, -0.15) is 0 Å². The molecule has 2 fully saturated rings. The zero-order valence-electron chi connectivity index (χ0n) is 19.1. The molecule has 174 valence electrons. The van der Waals surface area contributed by atoms with Gasteiger partial charge in [0.1, 0.15) is 6.04 Å². The first-order valence-corrected chi connectivity index (χ1v) is 12.2. The van der Waals surface area contributed by atoms with Crippen molar-refractivity contribution >= 4 is 23.2 Å². The van der Waals surface area contributed by atoms with Crippen LogP contribution in [0.1, 0.15) is 35.2 Å². The zero-order chi connectivity index (χ0) is 22.6. The van der Waals surface area contributed by atoms with Gasteiger partial charge in [0.15, 0.2) is 0 Å². The molecule has 2 saturated heterocycles. The summed E-state index contributed by atoms with van der Waals surface area (Å²) in [6, 6.07) is 16.2. The first-order valence-electron chi connectivity index (χ1n) is 12.2. The molecule has 7 nitrogen and oxygen atoms in total. The number of benzene rings is 2. The number of fused-ring (bicyclic) bond motifs is 3. The van der Waals surface area contributed by atoms with Crippen LogP contribution in [-0.2, 0) is 11.3 Å². The van der Waals surface area contributed by atoms with E-state index in [1.807, 2.05) is 18.2 Å². The van der Waals surface area contributed by atoms with Crippen molar-refractivity contribution in [1.82, 2.24) is 15.1 Å². The van der Waals surface area contributed by atoms with E-state index in [9.17, 15) is 9.59 Å². The highest BCUT2D eigenvalue weighted by Gasteiger charge is 2.34. The van der Waals surface area contributed by atoms with Crippen LogP contribution in [0.4, 0.5) is 11.4 Å². The lowest BCUT2D eigenvalue weighted by atomic mass is 9.97. The maximum absolute atomic E-state index is 12.7. The Kier molecular flexibility index (Phi) is 6.60. The van der Waals surface area contributed by atoms with Gasteiger partial charge in [-0.15, -0.1) is 0 Å². The van der Waals surface area contributed by atoms with Crippen LogP contribution in [0.15, 0.2) is 48.5 Å². The fourth-order valence-corrected chi connectivity index (χ4v) is 5.18. The largest absolute Gasteiger partial charge is 0.358 e. The van der Waals surface area contributed by atoms with Crippen LogP contribution in [0, 0.1) is 0 Å². The normalized spacial score (nSPS) is 21.2. The fourth-order valence-electron chi connectivity index (χ4n) is 5.18. The minimum absolute atomic E-state index is 0.0474. The number of anilines is 2. The summed E-state index contributed by atoms with van der Waals surface area (Å²) < 4.78 is 0. The van der Waals surface area contributed by atoms with Gasteiger partial charge >= 0.3 is 0 Å². The molecule has 1 unspecified atom stereocenters. The van der Waals surface area contributed by atoms with E-state index >= 15 is 0 Å². The molecule has 2 aromatic rings. The third-order valence-electron chi connectivity index (χ3n) is 7.06. The van der Waals surface area contributed by atoms with Crippen LogP contribution in [0.2, 0.25) is 0 Å². The van der Waals surface area contributed by atoms with Crippen molar-refractivity contribution in [2.45, 2.75) is 31.8 Å². The molecule has 3 aliphatic heterocycles. The third kappa shape index (κ3) is 5.04. The molecule has 7 heteroatoms. The molecule has 33 heavy (non-hydrogen) atoms. The molecular weight excluding hydrogens is 414 g/mol. The molecule has 2 N–H and O–H groups in total. The van der Waals surface area contributed by atoms with Gasteiger partial charge in [0.05, 0.1) is 11.4 Å². The van der Waals surface area contributed by atoms with Crippen molar-refractivity contribution in [2.75, 3.05) is 56.0 Å². The molecule has 0 aliphatic carbocycles. The summed E-state index contributed by atoms with van der Waals surface area (Å²) in [5.41, 5.74) is 3.73. The van der Waals surface area contributed by atoms with E-state index in [2.05, 4.69) is 55.7 Å². The number of carbonyl (C=O) groups excluding carboxylic acids is 2. The van der Waals surface area contributed by atoms with E-state index in [4.69, 9.17) is 0 Å². The van der Waals surface area contributed by atoms with Crippen molar-refractivity contribution in [3.05, 3.63) is 59.7 Å². The van der Waals surface area contributed by atoms with E-state index in [1.54, 1.807) is 0 Å². The lowest BCUT2D eigenvalue weighted by molar-refractivity contribution is -0.118. The van der Waals surface area contributed by atoms with Crippen LogP contribution < -0.4 is 15.5 Å². The number of nitrogens with one attached hydrogen (secondary N) is 2. The van der Waals surface area contributed by atoms with E-state index in [0.717, 1.165) is 76.5 Å². The van der Waals surface area contributed by atoms with Gasteiger partial charge in [0, 0.05) is 57.9 Å². The van der Waals surface area contributed by atoms with E-state index in [1.165, 1.54) is 5.56 Å². The highest BCUT2D eigenvalue weighted by molar-refractivity contribution is 6.05. The lowest BCUT2D eigenvalue weighted by Crippen LogP contribution is -2.50. The van der Waals surface area contributed by atoms with E-state index in [0.29, 0.717) is 12.1 Å². The Balaban J connectivity index is 1.09. The quantitative estimate of drug-likeness (QED) is 0.712. The van der Waals surface area contributed by atoms with Crippen molar-refractivity contribution in [1.29, 1.82) is 0 Å². The van der Waals surface area contributed by atoms with Crippen LogP contribution in [0.25, 0.3) is 0 Å². The molecule has 0 saturated carbocycles. The molecule has 2 amide bonds. The summed E-state index contributed by atoms with van der Waals surface area (Å²) >= 11 is 0. The summed E-state index contributed by atoms with van der Waals surface area (Å²) in [4.78, 5) is 32.3. The molecule has 0 radical (unpaired) electrons. The van der Waals surface area contributed by atoms with E-state index in [-0.39, 0.29) is 17.9 Å². The predicted molar refractivity (Wildman–Crippen MR) is 131 cm³/mol. The number of piperidine rings is 1. The molecular formula is C26H33N5O2. The summed E-state index contributed by atoms with van der Waals surface area (Å²) in [6.07, 6.45) is 3.09. The first-order chi connectivity index (χ1) is 16.2. The molecule has 3 aliphatic rings. The Morgan fingerprint density at radius 1 is 0.970 bits per heavy atom. The third-order valence-corrected chi connectivity index (χ3v) is 7.06. The SMILES string of the molecule is O=C(NCCN1CCN(Cc2ccccc2)CC1)c1ccc2c(c1)NC(=O)C1CCCCN21. The molecule has 2 aromatic carbocycles. The number of hydrogen-bond acceptors (Lipinski definition) is 5. The maximum atomic E-state index is 12.7. The smallest absolute Gasteiger partial charge is 0.251 e. The highest BCUT2D eigenvalue weighted by Crippen LogP contribution is 2.36. The Labute approximate surface area is 195 Å². The Morgan fingerprint density at radius 2 is 1.76 bits per heavy atom. The second-order valence-corrected chi connectivity index (χ2v) is 9.29. The summed E-state index contributed by atoms with van der Waals surface area (Å²) in [5, 5.41) is 6.06. The molecule has 0 aromatic heterocycles. The first kappa shape index (κ1) is 21.9. The molecule has 5 rings (SSSR count). The Bertz CT molecular complexity index is 987. The Morgan fingerprint density at radius 3 is 2.58 bits per heavy atom. The van der Waals surface area contributed by atoms with Gasteiger partial charge in [-0.1, -0.05) is 30.3 Å². The van der Waals surface area contributed by atoms with Crippen molar-refractivity contribution < 1.29 is 9.59 Å². The number of carbonyl (C=O) groups is 2. The minimum atomic E-state index is -0.0875. The van der Waals surface area contributed by atoms with Gasteiger partial charge in [-0.3, -0.25) is 19.4 Å². The van der Waals surface area contributed by atoms with Gasteiger partial charge in [0.25, 0.3) is 5.91 Å². The standard InChI is InChI=1S/C26H33N5O2/c32-25(21-9-10-23-22(18-21)28-26(33)24-8-4-5-12-31(23)24)27-11-13-29-14-16-30(17-15-29)19-20-6-2-1-3-7-20/h1-3,6-7,9-10,18,24H,4-5,8,11-17,19H2,(H,27,32)(H,28,33). The topological polar surface area (TPSA) is 67.9 Å². The molecule has 1 atom stereocenters. The average molecular weight is 448 g/mol. The zero-order valence-corrected chi connectivity index (χ0v) is 19.1. The minimum Gasteiger partial charge on any atom is -0.358 e. The maximum Gasteiger partial charge on any atom is 0.251 e. The van der Waals surface area contributed by atoms with Gasteiger partial charge < -0.3 is 15.5 Å².